The van der Waals surface area contributed by atoms with Gasteiger partial charge in [-0.15, -0.1) is 0 Å². The van der Waals surface area contributed by atoms with E-state index < -0.39 is 111 Å². The number of nitrogens with zero attached hydrogens (tertiary/aromatic N) is 5. The SMILES string of the molecule is O=C(O)C[C@H](NC(=O)CN1CCN(CCn2c3ccccc3c(=O)c3ccccc32)CCN(CC(=O)N[C@@H](CC(=O)O)C(=O)O)CCN(CC(=O)N[C@@H](CC(=O)O)C(=O)O)CC1)C(=O)O. The molecule has 1 saturated heterocycles. The van der Waals surface area contributed by atoms with Crippen LogP contribution in [0.15, 0.2) is 53.3 Å². The second-order valence-electron chi connectivity index (χ2n) is 15.4. The summed E-state index contributed by atoms with van der Waals surface area (Å²) in [5.41, 5.74) is 1.21. The third-order valence-electron chi connectivity index (χ3n) is 10.6. The van der Waals surface area contributed by atoms with E-state index in [1.165, 1.54) is 4.90 Å². The Bertz CT molecular complexity index is 2200. The number of carboxylic acid groups (broad SMARTS) is 6. The topological polar surface area (TPSA) is 346 Å². The second-order valence-corrected chi connectivity index (χ2v) is 15.4. The molecule has 9 N–H and O–H groups in total. The van der Waals surface area contributed by atoms with Gasteiger partial charge < -0.3 is 51.2 Å². The van der Waals surface area contributed by atoms with Gasteiger partial charge in [-0.05, 0) is 24.3 Å². The van der Waals surface area contributed by atoms with E-state index in [1.54, 1.807) is 46.2 Å². The molecule has 0 spiro atoms. The van der Waals surface area contributed by atoms with Crippen molar-refractivity contribution < 1.29 is 73.8 Å². The highest BCUT2D eigenvalue weighted by atomic mass is 16.4. The monoisotopic (exact) mass is 912 g/mol. The number of pyridine rings is 1. The summed E-state index contributed by atoms with van der Waals surface area (Å²) >= 11 is 0. The molecule has 0 radical (unpaired) electrons. The van der Waals surface area contributed by atoms with Crippen LogP contribution >= 0.6 is 0 Å². The Balaban J connectivity index is 1.67. The van der Waals surface area contributed by atoms with E-state index in [0.717, 1.165) is 0 Å². The van der Waals surface area contributed by atoms with Crippen molar-refractivity contribution in [2.24, 2.45) is 0 Å². The van der Waals surface area contributed by atoms with E-state index >= 15 is 0 Å². The van der Waals surface area contributed by atoms with Crippen LogP contribution in [0.3, 0.4) is 0 Å². The average Bonchev–Trinajstić information content (AvgIpc) is 3.22. The third-order valence-corrected chi connectivity index (χ3v) is 10.6. The standard InChI is InChI=1S/C41H52N8O16/c50-32(42-27(39(60)61)19-35(53)54)22-46-11-9-45(17-18-49-30-7-3-1-5-25(30)38(59)26-6-2-4-8-31(26)49)10-12-47(23-33(51)43-28(40(62)63)20-36(55)56)14-16-48(15-13-46)24-34(52)44-29(41(64)65)21-37(57)58/h1-8,27-29H,9-24H2,(H,42,50)(H,43,51)(H,44,52)(H,53,54)(H,55,56)(H,57,58)(H,60,61)(H,62,63)(H,64,65)/t27-,28-,29-/m0/s1. The Labute approximate surface area is 370 Å². The Kier molecular flexibility index (Phi) is 18.8. The van der Waals surface area contributed by atoms with Crippen molar-refractivity contribution in [2.75, 3.05) is 78.5 Å². The first-order valence-electron chi connectivity index (χ1n) is 20.4. The summed E-state index contributed by atoms with van der Waals surface area (Å²) in [6.45, 7) is 0.104. The minimum absolute atomic E-state index is 0.00996. The smallest absolute Gasteiger partial charge is 0.326 e. The van der Waals surface area contributed by atoms with Crippen molar-refractivity contribution in [3.8, 4) is 0 Å². The van der Waals surface area contributed by atoms with E-state index in [-0.39, 0.29) is 57.8 Å². The number of carboxylic acids is 6. The predicted molar refractivity (Wildman–Crippen MR) is 227 cm³/mol. The van der Waals surface area contributed by atoms with Crippen LogP contribution in [0.25, 0.3) is 21.8 Å². The number of aromatic nitrogens is 1. The van der Waals surface area contributed by atoms with Crippen molar-refractivity contribution in [3.05, 3.63) is 58.8 Å². The van der Waals surface area contributed by atoms with E-state index in [0.29, 0.717) is 34.9 Å². The summed E-state index contributed by atoms with van der Waals surface area (Å²) in [5, 5.41) is 63.8. The van der Waals surface area contributed by atoms with Gasteiger partial charge in [0.25, 0.3) is 0 Å². The number of benzene rings is 2. The lowest BCUT2D eigenvalue weighted by Gasteiger charge is -2.34. The fourth-order valence-electron chi connectivity index (χ4n) is 7.29. The zero-order chi connectivity index (χ0) is 47.8. The summed E-state index contributed by atoms with van der Waals surface area (Å²) in [4.78, 5) is 129. The number of amides is 3. The largest absolute Gasteiger partial charge is 0.481 e. The summed E-state index contributed by atoms with van der Waals surface area (Å²) in [6, 6.07) is 8.98. The van der Waals surface area contributed by atoms with Crippen molar-refractivity contribution in [2.45, 2.75) is 43.9 Å². The van der Waals surface area contributed by atoms with Gasteiger partial charge in [-0.25, -0.2) is 14.4 Å². The van der Waals surface area contributed by atoms with Gasteiger partial charge in [0.15, 0.2) is 5.43 Å². The lowest BCUT2D eigenvalue weighted by Crippen LogP contribution is -2.53. The molecular formula is C41H52N8O16. The number of para-hydroxylation sites is 2. The minimum atomic E-state index is -1.77. The van der Waals surface area contributed by atoms with Gasteiger partial charge in [0.2, 0.25) is 17.7 Å². The van der Waals surface area contributed by atoms with Gasteiger partial charge in [0.05, 0.1) is 49.9 Å². The molecule has 1 fully saturated rings. The second kappa shape index (κ2) is 24.2. The highest BCUT2D eigenvalue weighted by Gasteiger charge is 2.28. The normalized spacial score (nSPS) is 16.2. The van der Waals surface area contributed by atoms with E-state index in [1.807, 2.05) is 21.6 Å². The predicted octanol–water partition coefficient (Wildman–Crippen LogP) is -2.49. The molecule has 0 bridgehead atoms. The van der Waals surface area contributed by atoms with Crippen LogP contribution in [0.5, 0.6) is 0 Å². The number of hydrogen-bond donors (Lipinski definition) is 9. The van der Waals surface area contributed by atoms with Crippen LogP contribution in [0.4, 0.5) is 0 Å². The molecule has 3 aromatic rings. The molecule has 1 aliphatic rings. The lowest BCUT2D eigenvalue weighted by molar-refractivity contribution is -0.147. The first-order chi connectivity index (χ1) is 30.8. The van der Waals surface area contributed by atoms with Gasteiger partial charge in [-0.2, -0.15) is 0 Å². The van der Waals surface area contributed by atoms with Crippen molar-refractivity contribution in [1.29, 1.82) is 0 Å². The maximum atomic E-state index is 13.4. The number of fused-ring (bicyclic) bond motifs is 2. The highest BCUT2D eigenvalue weighted by Crippen LogP contribution is 2.19. The molecular weight excluding hydrogens is 860 g/mol. The van der Waals surface area contributed by atoms with Crippen molar-refractivity contribution in [1.82, 2.24) is 40.1 Å². The third kappa shape index (κ3) is 15.9. The number of nitrogens with one attached hydrogen (secondary N) is 3. The summed E-state index contributed by atoms with van der Waals surface area (Å²) in [7, 11) is 0. The van der Waals surface area contributed by atoms with E-state index in [4.69, 9.17) is 5.11 Å². The van der Waals surface area contributed by atoms with E-state index in [2.05, 4.69) is 16.0 Å². The van der Waals surface area contributed by atoms with Crippen molar-refractivity contribution >= 4 is 75.3 Å². The molecule has 2 aromatic carbocycles. The molecule has 0 aliphatic carbocycles. The summed E-state index contributed by atoms with van der Waals surface area (Å²) in [6.07, 6.45) is -2.70. The number of aliphatic carboxylic acids is 6. The molecule has 4 rings (SSSR count). The minimum Gasteiger partial charge on any atom is -0.481 e. The fourth-order valence-corrected chi connectivity index (χ4v) is 7.29. The zero-order valence-electron chi connectivity index (χ0n) is 35.2. The first kappa shape index (κ1) is 50.6. The van der Waals surface area contributed by atoms with Gasteiger partial charge >= 0.3 is 35.8 Å². The molecule has 0 unspecified atom stereocenters. The number of hydrogen-bond acceptors (Lipinski definition) is 14. The Morgan fingerprint density at radius 1 is 0.446 bits per heavy atom. The van der Waals surface area contributed by atoms with Gasteiger partial charge in [-0.1, -0.05) is 24.3 Å². The first-order valence-corrected chi connectivity index (χ1v) is 20.4. The van der Waals surface area contributed by atoms with Gasteiger partial charge in [0.1, 0.15) is 18.1 Å². The molecule has 1 aliphatic heterocycles. The van der Waals surface area contributed by atoms with Crippen LogP contribution in [0.1, 0.15) is 19.3 Å². The van der Waals surface area contributed by atoms with E-state index in [9.17, 15) is 73.5 Å². The maximum absolute atomic E-state index is 13.4. The van der Waals surface area contributed by atoms with Crippen molar-refractivity contribution in [3.63, 3.8) is 0 Å². The Morgan fingerprint density at radius 3 is 1.03 bits per heavy atom. The van der Waals surface area contributed by atoms with Gasteiger partial charge in [0, 0.05) is 76.2 Å². The summed E-state index contributed by atoms with van der Waals surface area (Å²) in [5.74, 6) is -11.6. The Hall–Kier alpha value is -7.02. The highest BCUT2D eigenvalue weighted by molar-refractivity contribution is 5.93. The van der Waals surface area contributed by atoms with Crippen LogP contribution < -0.4 is 21.4 Å². The number of carbonyl (C=O) groups is 9. The number of rotatable bonds is 21. The molecule has 24 nitrogen and oxygen atoms in total. The Morgan fingerprint density at radius 2 is 0.738 bits per heavy atom. The lowest BCUT2D eigenvalue weighted by atomic mass is 10.1. The maximum Gasteiger partial charge on any atom is 0.326 e. The average molecular weight is 913 g/mol. The van der Waals surface area contributed by atoms with Crippen LogP contribution in [0, 0.1) is 0 Å². The fraction of sp³-hybridized carbons (Fsp3) is 0.463. The molecule has 1 aromatic heterocycles. The molecule has 2 heterocycles. The van der Waals surface area contributed by atoms with Crippen LogP contribution in [0.2, 0.25) is 0 Å². The molecule has 3 amide bonds. The quantitative estimate of drug-likeness (QED) is 0.0499. The number of carbonyl (C=O) groups excluding carboxylic acids is 3. The molecule has 3 atom stereocenters. The van der Waals surface area contributed by atoms with Crippen LogP contribution in [-0.2, 0) is 49.7 Å². The molecule has 0 saturated carbocycles. The van der Waals surface area contributed by atoms with Crippen LogP contribution in [-0.4, -0.2) is 205 Å². The molecule has 65 heavy (non-hydrogen) atoms. The molecule has 352 valence electrons. The van der Waals surface area contributed by atoms with Gasteiger partial charge in [-0.3, -0.25) is 53.2 Å². The zero-order valence-corrected chi connectivity index (χ0v) is 35.2. The summed E-state index contributed by atoms with van der Waals surface area (Å²) < 4.78 is 2.00. The molecule has 24 heteroatoms.